The van der Waals surface area contributed by atoms with E-state index in [0.717, 1.165) is 59.5 Å². The average Bonchev–Trinajstić information content (AvgIpc) is 3.77. The maximum atomic E-state index is 12.3. The van der Waals surface area contributed by atoms with Crippen molar-refractivity contribution in [2.45, 2.75) is 25.7 Å². The summed E-state index contributed by atoms with van der Waals surface area (Å²) in [5.41, 5.74) is 4.93. The van der Waals surface area contributed by atoms with Crippen LogP contribution in [0.3, 0.4) is 0 Å². The molecule has 11 nitrogen and oxygen atoms in total. The van der Waals surface area contributed by atoms with Crippen LogP contribution in [-0.2, 0) is 4.79 Å². The van der Waals surface area contributed by atoms with Crippen LogP contribution in [0.2, 0.25) is 0 Å². The number of carbonyl (C=O) groups is 1. The van der Waals surface area contributed by atoms with Gasteiger partial charge in [0.25, 0.3) is 0 Å². The first-order valence-electron chi connectivity index (χ1n) is 13.9. The molecule has 11 heteroatoms. The van der Waals surface area contributed by atoms with Gasteiger partial charge in [0.2, 0.25) is 11.9 Å². The lowest BCUT2D eigenvalue weighted by atomic mass is 10.1. The Kier molecular flexibility index (Phi) is 8.30. The second kappa shape index (κ2) is 12.1. The first kappa shape index (κ1) is 28.9. The fourth-order valence-electron chi connectivity index (χ4n) is 4.80. The van der Waals surface area contributed by atoms with Gasteiger partial charge in [0.1, 0.15) is 11.5 Å². The second-order valence-corrected chi connectivity index (χ2v) is 10.8. The van der Waals surface area contributed by atoms with Crippen LogP contribution in [0, 0.1) is 6.92 Å². The standard InChI is InChI=1S/C31H38N8O3/c1-8-28(40)33-23-16-24(27(42-7)17-26(23)38(5)14-13-37(3)4)34-31-32-18-19(2)30(35-31)39-25-12-11-21(41-6)15-22(25)29(36-39)20-9-10-20/h8,11-12,15-18,20H,1,9-10,13-14H2,2-7H3,(H,33,40)(H,32,34,35). The number of aryl methyl sites for hydroxylation is 1. The number of benzene rings is 2. The van der Waals surface area contributed by atoms with Crippen LogP contribution in [0.15, 0.2) is 49.2 Å². The molecule has 2 heterocycles. The Morgan fingerprint density at radius 3 is 2.57 bits per heavy atom. The fraction of sp³-hybridized carbons (Fsp3) is 0.355. The minimum atomic E-state index is -0.309. The Labute approximate surface area is 246 Å². The number of amides is 1. The van der Waals surface area contributed by atoms with Gasteiger partial charge in [-0.1, -0.05) is 6.58 Å². The molecule has 4 aromatic rings. The van der Waals surface area contributed by atoms with Gasteiger partial charge in [-0.25, -0.2) is 9.67 Å². The molecule has 2 aromatic carbocycles. The molecule has 220 valence electrons. The molecule has 42 heavy (non-hydrogen) atoms. The van der Waals surface area contributed by atoms with Gasteiger partial charge in [-0.05, 0) is 64.2 Å². The van der Waals surface area contributed by atoms with Crippen molar-refractivity contribution in [1.29, 1.82) is 0 Å². The van der Waals surface area contributed by atoms with Crippen LogP contribution < -0.4 is 25.0 Å². The van der Waals surface area contributed by atoms with Gasteiger partial charge in [-0.3, -0.25) is 4.79 Å². The van der Waals surface area contributed by atoms with Crippen molar-refractivity contribution in [2.24, 2.45) is 0 Å². The predicted octanol–water partition coefficient (Wildman–Crippen LogP) is 4.88. The average molecular weight is 571 g/mol. The summed E-state index contributed by atoms with van der Waals surface area (Å²) < 4.78 is 13.1. The van der Waals surface area contributed by atoms with Crippen molar-refractivity contribution < 1.29 is 14.3 Å². The van der Waals surface area contributed by atoms with Crippen LogP contribution in [-0.4, -0.2) is 79.0 Å². The third-order valence-electron chi connectivity index (χ3n) is 7.33. The highest BCUT2D eigenvalue weighted by atomic mass is 16.5. The van der Waals surface area contributed by atoms with E-state index in [1.165, 1.54) is 6.08 Å². The quantitative estimate of drug-likeness (QED) is 0.230. The van der Waals surface area contributed by atoms with E-state index in [4.69, 9.17) is 19.6 Å². The number of methoxy groups -OCH3 is 2. The Bertz CT molecular complexity index is 1630. The smallest absolute Gasteiger partial charge is 0.247 e. The van der Waals surface area contributed by atoms with E-state index in [9.17, 15) is 4.79 Å². The molecule has 0 radical (unpaired) electrons. The van der Waals surface area contributed by atoms with Gasteiger partial charge in [0, 0.05) is 49.3 Å². The summed E-state index contributed by atoms with van der Waals surface area (Å²) in [6.45, 7) is 7.15. The van der Waals surface area contributed by atoms with E-state index in [1.807, 2.05) is 63.1 Å². The number of rotatable bonds is 12. The Morgan fingerprint density at radius 1 is 1.12 bits per heavy atom. The van der Waals surface area contributed by atoms with Crippen molar-refractivity contribution in [3.05, 3.63) is 60.4 Å². The lowest BCUT2D eigenvalue weighted by Crippen LogP contribution is -2.29. The maximum absolute atomic E-state index is 12.3. The van der Waals surface area contributed by atoms with E-state index in [0.29, 0.717) is 34.8 Å². The largest absolute Gasteiger partial charge is 0.497 e. The molecule has 1 aliphatic carbocycles. The zero-order valence-electron chi connectivity index (χ0n) is 25.1. The van der Waals surface area contributed by atoms with Crippen molar-refractivity contribution >= 4 is 39.8 Å². The SMILES string of the molecule is C=CC(=O)Nc1cc(Nc2ncc(C)c(-n3nc(C4CC4)c4cc(OC)ccc43)n2)c(OC)cc1N(C)CCN(C)C. The van der Waals surface area contributed by atoms with E-state index >= 15 is 0 Å². The maximum Gasteiger partial charge on any atom is 0.247 e. The monoisotopic (exact) mass is 570 g/mol. The van der Waals surface area contributed by atoms with Crippen molar-refractivity contribution in [2.75, 3.05) is 64.0 Å². The molecule has 0 unspecified atom stereocenters. The molecule has 0 bridgehead atoms. The zero-order chi connectivity index (χ0) is 30.0. The highest BCUT2D eigenvalue weighted by molar-refractivity contribution is 6.02. The number of fused-ring (bicyclic) bond motifs is 1. The highest BCUT2D eigenvalue weighted by Gasteiger charge is 2.30. The van der Waals surface area contributed by atoms with E-state index < -0.39 is 0 Å². The number of nitrogens with zero attached hydrogens (tertiary/aromatic N) is 6. The van der Waals surface area contributed by atoms with Crippen molar-refractivity contribution in [3.8, 4) is 17.3 Å². The summed E-state index contributed by atoms with van der Waals surface area (Å²) in [4.78, 5) is 25.9. The molecule has 0 aliphatic heterocycles. The molecule has 5 rings (SSSR count). The Balaban J connectivity index is 1.54. The van der Waals surface area contributed by atoms with Crippen LogP contribution in [0.25, 0.3) is 16.7 Å². The zero-order valence-corrected chi connectivity index (χ0v) is 25.1. The summed E-state index contributed by atoms with van der Waals surface area (Å²) in [6.07, 6.45) is 5.28. The van der Waals surface area contributed by atoms with E-state index in [2.05, 4.69) is 32.0 Å². The van der Waals surface area contributed by atoms with E-state index in [-0.39, 0.29) is 5.91 Å². The number of likely N-dealkylation sites (N-methyl/N-ethyl adjacent to an activating group) is 2. The molecule has 2 aromatic heterocycles. The minimum absolute atomic E-state index is 0.309. The number of anilines is 4. The summed E-state index contributed by atoms with van der Waals surface area (Å²) in [5.74, 6) is 2.56. The molecular weight excluding hydrogens is 532 g/mol. The normalized spacial score (nSPS) is 12.8. The van der Waals surface area contributed by atoms with Crippen molar-refractivity contribution in [1.82, 2.24) is 24.6 Å². The molecule has 1 fully saturated rings. The third-order valence-corrected chi connectivity index (χ3v) is 7.33. The lowest BCUT2D eigenvalue weighted by Gasteiger charge is -2.26. The van der Waals surface area contributed by atoms with Gasteiger partial charge >= 0.3 is 0 Å². The first-order valence-corrected chi connectivity index (χ1v) is 13.9. The molecule has 2 N–H and O–H groups in total. The number of hydrogen-bond donors (Lipinski definition) is 2. The third kappa shape index (κ3) is 6.01. The van der Waals surface area contributed by atoms with Crippen LogP contribution in [0.5, 0.6) is 11.5 Å². The summed E-state index contributed by atoms with van der Waals surface area (Å²) in [7, 11) is 9.30. The molecule has 0 atom stereocenters. The van der Waals surface area contributed by atoms with Gasteiger partial charge in [0.15, 0.2) is 5.82 Å². The number of nitrogens with one attached hydrogen (secondary N) is 2. The molecule has 1 amide bonds. The second-order valence-electron chi connectivity index (χ2n) is 10.8. The van der Waals surface area contributed by atoms with E-state index in [1.54, 1.807) is 20.4 Å². The predicted molar refractivity (Wildman–Crippen MR) is 167 cm³/mol. The van der Waals surface area contributed by atoms with Gasteiger partial charge in [-0.2, -0.15) is 10.1 Å². The van der Waals surface area contributed by atoms with Crippen LogP contribution in [0.4, 0.5) is 23.0 Å². The molecule has 1 saturated carbocycles. The van der Waals surface area contributed by atoms with Crippen molar-refractivity contribution in [3.63, 3.8) is 0 Å². The Morgan fingerprint density at radius 2 is 1.90 bits per heavy atom. The van der Waals surface area contributed by atoms with Crippen LogP contribution >= 0.6 is 0 Å². The summed E-state index contributed by atoms with van der Waals surface area (Å²) >= 11 is 0. The number of hydrogen-bond acceptors (Lipinski definition) is 9. The van der Waals surface area contributed by atoms with Gasteiger partial charge in [-0.15, -0.1) is 0 Å². The number of carbonyl (C=O) groups excluding carboxylic acids is 1. The molecule has 1 aliphatic rings. The molecule has 0 spiro atoms. The number of aromatic nitrogens is 4. The van der Waals surface area contributed by atoms with Gasteiger partial charge in [0.05, 0.1) is 42.5 Å². The topological polar surface area (TPSA) is 110 Å². The summed E-state index contributed by atoms with van der Waals surface area (Å²) in [6, 6.07) is 9.72. The number of ether oxygens (including phenoxy) is 2. The Hall–Kier alpha value is -4.64. The fourth-order valence-corrected chi connectivity index (χ4v) is 4.80. The first-order chi connectivity index (χ1) is 20.2. The lowest BCUT2D eigenvalue weighted by molar-refractivity contribution is -0.111. The minimum Gasteiger partial charge on any atom is -0.497 e. The summed E-state index contributed by atoms with van der Waals surface area (Å²) in [5, 5.41) is 12.3. The molecule has 0 saturated heterocycles. The van der Waals surface area contributed by atoms with Crippen LogP contribution in [0.1, 0.15) is 30.0 Å². The highest BCUT2D eigenvalue weighted by Crippen LogP contribution is 2.44. The molecular formula is C31H38N8O3. The van der Waals surface area contributed by atoms with Gasteiger partial charge < -0.3 is 29.9 Å².